The third-order valence-corrected chi connectivity index (χ3v) is 4.64. The largest absolute Gasteiger partial charge is 0.378 e. The van der Waals surface area contributed by atoms with E-state index in [1.807, 2.05) is 29.2 Å². The van der Waals surface area contributed by atoms with E-state index in [4.69, 9.17) is 10.00 Å². The molecule has 5 heteroatoms. The molecule has 23 heavy (non-hydrogen) atoms. The van der Waals surface area contributed by atoms with Crippen LogP contribution in [0.25, 0.3) is 0 Å². The van der Waals surface area contributed by atoms with Crippen LogP contribution in [0.2, 0.25) is 0 Å². The van der Waals surface area contributed by atoms with Crippen molar-refractivity contribution in [1.82, 2.24) is 4.90 Å². The van der Waals surface area contributed by atoms with Gasteiger partial charge in [0.1, 0.15) is 0 Å². The number of anilines is 1. The Kier molecular flexibility index (Phi) is 5.14. The molecule has 1 amide bonds. The van der Waals surface area contributed by atoms with Crippen molar-refractivity contribution in [3.05, 3.63) is 29.8 Å². The summed E-state index contributed by atoms with van der Waals surface area (Å²) >= 11 is 0. The van der Waals surface area contributed by atoms with Crippen LogP contribution in [-0.2, 0) is 9.53 Å². The Morgan fingerprint density at radius 2 is 2.00 bits per heavy atom. The smallest absolute Gasteiger partial charge is 0.225 e. The summed E-state index contributed by atoms with van der Waals surface area (Å²) in [5, 5.41) is 8.88. The van der Waals surface area contributed by atoms with E-state index in [0.29, 0.717) is 12.0 Å². The molecule has 0 spiro atoms. The first-order valence-corrected chi connectivity index (χ1v) is 8.41. The minimum atomic E-state index is 0.125. The standard InChI is InChI=1S/C18H23N3O2/c19-14-15-4-6-16(7-5-15)20-8-2-9-21(11-10-20)18(22)13-17-3-1-12-23-17/h4-7,17H,1-3,8-13H2/t17-/m1/s1. The molecule has 122 valence electrons. The van der Waals surface area contributed by atoms with Crippen molar-refractivity contribution in [3.8, 4) is 6.07 Å². The van der Waals surface area contributed by atoms with E-state index < -0.39 is 0 Å². The molecule has 0 bridgehead atoms. The van der Waals surface area contributed by atoms with Gasteiger partial charge >= 0.3 is 0 Å². The van der Waals surface area contributed by atoms with E-state index >= 15 is 0 Å². The molecule has 3 rings (SSSR count). The van der Waals surface area contributed by atoms with Crippen LogP contribution in [0.1, 0.15) is 31.2 Å². The first kappa shape index (κ1) is 15.8. The fourth-order valence-corrected chi connectivity index (χ4v) is 3.30. The molecular formula is C18H23N3O2. The fourth-order valence-electron chi connectivity index (χ4n) is 3.30. The van der Waals surface area contributed by atoms with Crippen LogP contribution in [-0.4, -0.2) is 49.7 Å². The number of amides is 1. The van der Waals surface area contributed by atoms with Crippen LogP contribution >= 0.6 is 0 Å². The summed E-state index contributed by atoms with van der Waals surface area (Å²) < 4.78 is 5.57. The monoisotopic (exact) mass is 313 g/mol. The van der Waals surface area contributed by atoms with Gasteiger partial charge in [-0.1, -0.05) is 0 Å². The third kappa shape index (κ3) is 4.02. The van der Waals surface area contributed by atoms with Gasteiger partial charge in [-0.15, -0.1) is 0 Å². The molecule has 2 aliphatic rings. The lowest BCUT2D eigenvalue weighted by Crippen LogP contribution is -2.36. The molecule has 0 N–H and O–H groups in total. The topological polar surface area (TPSA) is 56.6 Å². The molecule has 0 saturated carbocycles. The van der Waals surface area contributed by atoms with E-state index in [0.717, 1.165) is 57.7 Å². The maximum absolute atomic E-state index is 12.4. The summed E-state index contributed by atoms with van der Waals surface area (Å²) in [6, 6.07) is 9.82. The number of carbonyl (C=O) groups excluding carboxylic acids is 1. The van der Waals surface area contributed by atoms with E-state index in [9.17, 15) is 4.79 Å². The molecule has 5 nitrogen and oxygen atoms in total. The minimum Gasteiger partial charge on any atom is -0.378 e. The number of rotatable bonds is 3. The molecule has 2 heterocycles. The first-order chi connectivity index (χ1) is 11.3. The average molecular weight is 313 g/mol. The summed E-state index contributed by atoms with van der Waals surface area (Å²) in [4.78, 5) is 16.7. The van der Waals surface area contributed by atoms with E-state index in [2.05, 4.69) is 11.0 Å². The van der Waals surface area contributed by atoms with Gasteiger partial charge in [0.25, 0.3) is 0 Å². The van der Waals surface area contributed by atoms with Gasteiger partial charge in [-0.25, -0.2) is 0 Å². The van der Waals surface area contributed by atoms with Gasteiger partial charge in [-0.3, -0.25) is 4.79 Å². The van der Waals surface area contributed by atoms with Crippen LogP contribution in [0.3, 0.4) is 0 Å². The molecule has 2 aliphatic heterocycles. The Hall–Kier alpha value is -2.06. The van der Waals surface area contributed by atoms with Gasteiger partial charge in [-0.05, 0) is 43.5 Å². The second kappa shape index (κ2) is 7.47. The number of carbonyl (C=O) groups is 1. The zero-order valence-corrected chi connectivity index (χ0v) is 13.4. The lowest BCUT2D eigenvalue weighted by Gasteiger charge is -2.24. The van der Waals surface area contributed by atoms with E-state index in [1.54, 1.807) is 0 Å². The number of hydrogen-bond donors (Lipinski definition) is 0. The van der Waals surface area contributed by atoms with Crippen LogP contribution in [0.15, 0.2) is 24.3 Å². The lowest BCUT2D eigenvalue weighted by molar-refractivity contribution is -0.133. The Bertz CT molecular complexity index is 573. The van der Waals surface area contributed by atoms with Crippen LogP contribution in [0.5, 0.6) is 0 Å². The van der Waals surface area contributed by atoms with Crippen molar-refractivity contribution < 1.29 is 9.53 Å². The zero-order valence-electron chi connectivity index (χ0n) is 13.4. The molecule has 1 aromatic carbocycles. The second-order valence-corrected chi connectivity index (χ2v) is 6.22. The molecule has 2 saturated heterocycles. The first-order valence-electron chi connectivity index (χ1n) is 8.41. The summed E-state index contributed by atoms with van der Waals surface area (Å²) in [6.07, 6.45) is 3.70. The zero-order chi connectivity index (χ0) is 16.1. The van der Waals surface area contributed by atoms with E-state index in [-0.39, 0.29) is 12.0 Å². The van der Waals surface area contributed by atoms with Gasteiger partial charge in [0.15, 0.2) is 0 Å². The van der Waals surface area contributed by atoms with Crippen molar-refractivity contribution >= 4 is 11.6 Å². The van der Waals surface area contributed by atoms with Gasteiger partial charge in [-0.2, -0.15) is 5.26 Å². The van der Waals surface area contributed by atoms with Crippen molar-refractivity contribution in [2.24, 2.45) is 0 Å². The summed E-state index contributed by atoms with van der Waals surface area (Å²) in [5.41, 5.74) is 1.80. The molecule has 1 aromatic rings. The minimum absolute atomic E-state index is 0.125. The summed E-state index contributed by atoms with van der Waals surface area (Å²) in [7, 11) is 0. The van der Waals surface area contributed by atoms with Crippen molar-refractivity contribution in [2.75, 3.05) is 37.7 Å². The number of hydrogen-bond acceptors (Lipinski definition) is 4. The highest BCUT2D eigenvalue weighted by Crippen LogP contribution is 2.19. The molecule has 0 aliphatic carbocycles. The molecule has 1 atom stereocenters. The summed E-state index contributed by atoms with van der Waals surface area (Å²) in [5.74, 6) is 0.221. The number of nitriles is 1. The molecule has 0 aromatic heterocycles. The fraction of sp³-hybridized carbons (Fsp3) is 0.556. The predicted octanol–water partition coefficient (Wildman–Crippen LogP) is 2.17. The number of ether oxygens (including phenoxy) is 1. The van der Waals surface area contributed by atoms with Gasteiger partial charge in [0.2, 0.25) is 5.91 Å². The van der Waals surface area contributed by atoms with Gasteiger partial charge in [0.05, 0.1) is 24.2 Å². The molecule has 2 fully saturated rings. The van der Waals surface area contributed by atoms with Gasteiger partial charge in [0, 0.05) is 38.5 Å². The average Bonchev–Trinajstić information content (AvgIpc) is 2.96. The number of nitrogens with zero attached hydrogens (tertiary/aromatic N) is 3. The van der Waals surface area contributed by atoms with Crippen LogP contribution in [0.4, 0.5) is 5.69 Å². The third-order valence-electron chi connectivity index (χ3n) is 4.64. The normalized spacial score (nSPS) is 21.8. The Morgan fingerprint density at radius 1 is 1.17 bits per heavy atom. The predicted molar refractivity (Wildman–Crippen MR) is 88.2 cm³/mol. The van der Waals surface area contributed by atoms with E-state index in [1.165, 1.54) is 0 Å². The Labute approximate surface area is 137 Å². The SMILES string of the molecule is N#Cc1ccc(N2CCCN(C(=O)C[C@H]3CCCO3)CC2)cc1. The van der Waals surface area contributed by atoms with Crippen LogP contribution < -0.4 is 4.90 Å². The molecule has 0 radical (unpaired) electrons. The van der Waals surface area contributed by atoms with Crippen LogP contribution in [0, 0.1) is 11.3 Å². The molecular weight excluding hydrogens is 290 g/mol. The van der Waals surface area contributed by atoms with Crippen molar-refractivity contribution in [2.45, 2.75) is 31.8 Å². The van der Waals surface area contributed by atoms with Crippen molar-refractivity contribution in [1.29, 1.82) is 5.26 Å². The Morgan fingerprint density at radius 3 is 2.70 bits per heavy atom. The quantitative estimate of drug-likeness (QED) is 0.858. The summed E-state index contributed by atoms with van der Waals surface area (Å²) in [6.45, 7) is 4.15. The second-order valence-electron chi connectivity index (χ2n) is 6.22. The Balaban J connectivity index is 1.55. The van der Waals surface area contributed by atoms with Crippen molar-refractivity contribution in [3.63, 3.8) is 0 Å². The van der Waals surface area contributed by atoms with Gasteiger partial charge < -0.3 is 14.5 Å². The maximum atomic E-state index is 12.4. The number of benzene rings is 1. The maximum Gasteiger partial charge on any atom is 0.225 e. The highest BCUT2D eigenvalue weighted by molar-refractivity contribution is 5.76. The highest BCUT2D eigenvalue weighted by Gasteiger charge is 2.24. The molecule has 0 unspecified atom stereocenters. The lowest BCUT2D eigenvalue weighted by atomic mass is 10.1. The highest BCUT2D eigenvalue weighted by atomic mass is 16.5.